The van der Waals surface area contributed by atoms with Crippen LogP contribution in [-0.4, -0.2) is 57.8 Å². The SMILES string of the molecule is CN=C(NCCc1nnc2n1CCCCC2)NC1CC(C)N(Cc2ccccc2)C1. The van der Waals surface area contributed by atoms with E-state index in [4.69, 9.17) is 0 Å². The predicted octanol–water partition coefficient (Wildman–Crippen LogP) is 2.38. The van der Waals surface area contributed by atoms with Crippen LogP contribution in [0.1, 0.15) is 49.8 Å². The second kappa shape index (κ2) is 10.1. The number of guanidine groups is 1. The fourth-order valence-electron chi connectivity index (χ4n) is 4.65. The summed E-state index contributed by atoms with van der Waals surface area (Å²) in [6, 6.07) is 11.7. The highest BCUT2D eigenvalue weighted by Crippen LogP contribution is 2.20. The molecule has 1 aromatic carbocycles. The van der Waals surface area contributed by atoms with Gasteiger partial charge >= 0.3 is 0 Å². The van der Waals surface area contributed by atoms with E-state index in [-0.39, 0.29) is 0 Å². The van der Waals surface area contributed by atoms with Crippen molar-refractivity contribution in [2.45, 2.75) is 70.6 Å². The lowest BCUT2D eigenvalue weighted by Crippen LogP contribution is -2.45. The molecule has 7 nitrogen and oxygen atoms in total. The maximum absolute atomic E-state index is 4.44. The number of hydrogen-bond acceptors (Lipinski definition) is 4. The molecule has 2 aromatic rings. The Hall–Kier alpha value is -2.41. The minimum atomic E-state index is 0.416. The Morgan fingerprint density at radius 3 is 2.87 bits per heavy atom. The average Bonchev–Trinajstić information content (AvgIpc) is 3.20. The van der Waals surface area contributed by atoms with E-state index in [1.54, 1.807) is 0 Å². The van der Waals surface area contributed by atoms with Gasteiger partial charge in [0.05, 0.1) is 0 Å². The third kappa shape index (κ3) is 5.19. The minimum Gasteiger partial charge on any atom is -0.356 e. The highest BCUT2D eigenvalue weighted by Gasteiger charge is 2.29. The number of aliphatic imine (C=N–C) groups is 1. The van der Waals surface area contributed by atoms with Crippen molar-refractivity contribution in [3.63, 3.8) is 0 Å². The number of aromatic nitrogens is 3. The van der Waals surface area contributed by atoms with Crippen molar-refractivity contribution >= 4 is 5.96 Å². The summed E-state index contributed by atoms with van der Waals surface area (Å²) >= 11 is 0. The van der Waals surface area contributed by atoms with Crippen LogP contribution in [0.4, 0.5) is 0 Å². The first kappa shape index (κ1) is 20.8. The van der Waals surface area contributed by atoms with Crippen molar-refractivity contribution in [3.8, 4) is 0 Å². The molecule has 1 aromatic heterocycles. The smallest absolute Gasteiger partial charge is 0.191 e. The number of nitrogens with one attached hydrogen (secondary N) is 2. The molecule has 7 heteroatoms. The molecule has 30 heavy (non-hydrogen) atoms. The normalized spacial score (nSPS) is 22.5. The van der Waals surface area contributed by atoms with Crippen LogP contribution in [0, 0.1) is 0 Å². The fourth-order valence-corrected chi connectivity index (χ4v) is 4.65. The summed E-state index contributed by atoms with van der Waals surface area (Å²) in [5.41, 5.74) is 1.37. The Balaban J connectivity index is 1.25. The van der Waals surface area contributed by atoms with E-state index in [2.05, 4.69) is 72.5 Å². The molecule has 2 N–H and O–H groups in total. The van der Waals surface area contributed by atoms with Crippen molar-refractivity contribution in [1.29, 1.82) is 0 Å². The zero-order valence-electron chi connectivity index (χ0n) is 18.3. The quantitative estimate of drug-likeness (QED) is 0.566. The molecule has 1 saturated heterocycles. The van der Waals surface area contributed by atoms with Crippen molar-refractivity contribution in [2.24, 2.45) is 4.99 Å². The standard InChI is InChI=1S/C23H35N7/c1-18-15-20(17-29(18)16-19-9-5-3-6-10-19)26-23(24-2)25-13-12-22-28-27-21-11-7-4-8-14-30(21)22/h3,5-6,9-10,18,20H,4,7-8,11-17H2,1-2H3,(H2,24,25,26). The van der Waals surface area contributed by atoms with E-state index in [1.165, 1.54) is 24.8 Å². The number of fused-ring (bicyclic) bond motifs is 1. The van der Waals surface area contributed by atoms with Crippen LogP contribution < -0.4 is 10.6 Å². The third-order valence-corrected chi connectivity index (χ3v) is 6.32. The zero-order valence-corrected chi connectivity index (χ0v) is 18.3. The second-order valence-corrected chi connectivity index (χ2v) is 8.58. The lowest BCUT2D eigenvalue weighted by Gasteiger charge is -2.21. The number of aryl methyl sites for hydroxylation is 1. The molecule has 2 aliphatic heterocycles. The molecule has 0 spiro atoms. The number of rotatable bonds is 6. The van der Waals surface area contributed by atoms with E-state index >= 15 is 0 Å². The van der Waals surface area contributed by atoms with E-state index < -0.39 is 0 Å². The van der Waals surface area contributed by atoms with E-state index in [9.17, 15) is 0 Å². The zero-order chi connectivity index (χ0) is 20.8. The van der Waals surface area contributed by atoms with Crippen molar-refractivity contribution in [3.05, 3.63) is 47.5 Å². The Morgan fingerprint density at radius 2 is 2.03 bits per heavy atom. The lowest BCUT2D eigenvalue weighted by atomic mass is 10.2. The third-order valence-electron chi connectivity index (χ3n) is 6.32. The number of likely N-dealkylation sites (tertiary alicyclic amines) is 1. The highest BCUT2D eigenvalue weighted by atomic mass is 15.3. The van der Waals surface area contributed by atoms with Crippen molar-refractivity contribution in [2.75, 3.05) is 20.1 Å². The molecule has 1 fully saturated rings. The number of benzene rings is 1. The Morgan fingerprint density at radius 1 is 1.17 bits per heavy atom. The van der Waals surface area contributed by atoms with Crippen LogP contribution >= 0.6 is 0 Å². The molecule has 162 valence electrons. The molecule has 0 aliphatic carbocycles. The lowest BCUT2D eigenvalue weighted by molar-refractivity contribution is 0.258. The predicted molar refractivity (Wildman–Crippen MR) is 120 cm³/mol. The Bertz CT molecular complexity index is 829. The molecule has 2 unspecified atom stereocenters. The van der Waals surface area contributed by atoms with Crippen LogP contribution in [-0.2, 0) is 25.9 Å². The molecule has 0 radical (unpaired) electrons. The Kier molecular flexibility index (Phi) is 7.00. The first-order valence-electron chi connectivity index (χ1n) is 11.4. The summed E-state index contributed by atoms with van der Waals surface area (Å²) < 4.78 is 2.32. The molecule has 2 aliphatic rings. The van der Waals surface area contributed by atoms with Crippen molar-refractivity contribution in [1.82, 2.24) is 30.3 Å². The summed E-state index contributed by atoms with van der Waals surface area (Å²) in [4.78, 5) is 6.99. The van der Waals surface area contributed by atoms with E-state index in [0.29, 0.717) is 12.1 Å². The largest absolute Gasteiger partial charge is 0.356 e. The molecule has 0 bridgehead atoms. The number of hydrogen-bond donors (Lipinski definition) is 2. The van der Waals surface area contributed by atoms with Gasteiger partial charge in [-0.15, -0.1) is 10.2 Å². The second-order valence-electron chi connectivity index (χ2n) is 8.58. The summed E-state index contributed by atoms with van der Waals surface area (Å²) in [7, 11) is 1.85. The van der Waals surface area contributed by atoms with Crippen molar-refractivity contribution < 1.29 is 0 Å². The van der Waals surface area contributed by atoms with Crippen LogP contribution in [0.15, 0.2) is 35.3 Å². The maximum Gasteiger partial charge on any atom is 0.191 e. The van der Waals surface area contributed by atoms with Gasteiger partial charge in [-0.05, 0) is 31.7 Å². The van der Waals surface area contributed by atoms with Gasteiger partial charge in [-0.3, -0.25) is 9.89 Å². The summed E-state index contributed by atoms with van der Waals surface area (Å²) in [5, 5.41) is 15.9. The van der Waals surface area contributed by atoms with E-state index in [0.717, 1.165) is 63.0 Å². The molecule has 3 heterocycles. The first-order chi connectivity index (χ1) is 14.7. The monoisotopic (exact) mass is 409 g/mol. The molecule has 0 saturated carbocycles. The van der Waals surface area contributed by atoms with Gasteiger partial charge in [-0.2, -0.15) is 0 Å². The van der Waals surface area contributed by atoms with E-state index in [1.807, 2.05) is 7.05 Å². The topological polar surface area (TPSA) is 70.4 Å². The average molecular weight is 410 g/mol. The van der Waals surface area contributed by atoms with Gasteiger partial charge in [0, 0.05) is 58.2 Å². The first-order valence-corrected chi connectivity index (χ1v) is 11.4. The van der Waals surface area contributed by atoms with Gasteiger partial charge in [0.1, 0.15) is 11.6 Å². The van der Waals surface area contributed by atoms with Crippen LogP contribution in [0.5, 0.6) is 0 Å². The molecule has 2 atom stereocenters. The van der Waals surface area contributed by atoms with Gasteiger partial charge in [0.15, 0.2) is 5.96 Å². The summed E-state index contributed by atoms with van der Waals surface area (Å²) in [5.74, 6) is 3.13. The van der Waals surface area contributed by atoms with Gasteiger partial charge in [-0.1, -0.05) is 36.8 Å². The highest BCUT2D eigenvalue weighted by molar-refractivity contribution is 5.80. The molecular weight excluding hydrogens is 374 g/mol. The van der Waals surface area contributed by atoms with Crippen LogP contribution in [0.25, 0.3) is 0 Å². The Labute approximate surface area is 180 Å². The summed E-state index contributed by atoms with van der Waals surface area (Å²) in [6.07, 6.45) is 6.81. The molecular formula is C23H35N7. The van der Waals surface area contributed by atoms with Crippen LogP contribution in [0.3, 0.4) is 0 Å². The maximum atomic E-state index is 4.44. The molecule has 4 rings (SSSR count). The molecule has 0 amide bonds. The van der Waals surface area contributed by atoms with Gasteiger partial charge in [-0.25, -0.2) is 0 Å². The fraction of sp³-hybridized carbons (Fsp3) is 0.609. The van der Waals surface area contributed by atoms with Gasteiger partial charge in [0.2, 0.25) is 0 Å². The van der Waals surface area contributed by atoms with Gasteiger partial charge in [0.25, 0.3) is 0 Å². The van der Waals surface area contributed by atoms with Crippen LogP contribution in [0.2, 0.25) is 0 Å². The minimum absolute atomic E-state index is 0.416. The number of nitrogens with zero attached hydrogens (tertiary/aromatic N) is 5. The van der Waals surface area contributed by atoms with Gasteiger partial charge < -0.3 is 15.2 Å². The summed E-state index contributed by atoms with van der Waals surface area (Å²) in [6.45, 7) is 6.23.